The predicted molar refractivity (Wildman–Crippen MR) is 118 cm³/mol. The summed E-state index contributed by atoms with van der Waals surface area (Å²) in [4.78, 5) is 8.70. The summed E-state index contributed by atoms with van der Waals surface area (Å²) in [6.45, 7) is 0.573. The number of fused-ring (bicyclic) bond motifs is 1. The zero-order chi connectivity index (χ0) is 22.2. The molecule has 3 aromatic carbocycles. The molecule has 5 rings (SSSR count). The van der Waals surface area contributed by atoms with Gasteiger partial charge in [-0.1, -0.05) is 41.9 Å². The van der Waals surface area contributed by atoms with E-state index in [1.807, 2.05) is 41.2 Å². The second-order valence-electron chi connectivity index (χ2n) is 7.36. The average Bonchev–Trinajstić information content (AvgIpc) is 3.19. The maximum atomic E-state index is 14.1. The van der Waals surface area contributed by atoms with Gasteiger partial charge in [-0.3, -0.25) is 0 Å². The molecule has 0 atom stereocenters. The van der Waals surface area contributed by atoms with Crippen molar-refractivity contribution in [3.63, 3.8) is 0 Å². The van der Waals surface area contributed by atoms with E-state index in [9.17, 15) is 13.2 Å². The molecule has 158 valence electrons. The molecule has 7 heteroatoms. The van der Waals surface area contributed by atoms with Crippen LogP contribution < -0.4 is 0 Å². The molecule has 2 heterocycles. The van der Waals surface area contributed by atoms with Gasteiger partial charge in [-0.25, -0.2) is 23.1 Å². The van der Waals surface area contributed by atoms with Crippen LogP contribution in [0.5, 0.6) is 0 Å². The zero-order valence-electron chi connectivity index (χ0n) is 16.6. The predicted octanol–water partition coefficient (Wildman–Crippen LogP) is 6.84. The molecule has 0 aliphatic carbocycles. The van der Waals surface area contributed by atoms with Crippen LogP contribution in [0.2, 0.25) is 5.02 Å². The SMILES string of the molecule is Fc1ccc(-c2ccc(Cn3ccc4nc(-c5cccc(F)c5F)nc-4c3)cc2)c(Cl)c1. The number of hydrogen-bond acceptors (Lipinski definition) is 2. The highest BCUT2D eigenvalue weighted by Crippen LogP contribution is 2.30. The van der Waals surface area contributed by atoms with E-state index in [0.29, 0.717) is 23.0 Å². The van der Waals surface area contributed by atoms with Crippen LogP contribution >= 0.6 is 11.6 Å². The first kappa shape index (κ1) is 20.3. The molecule has 3 aromatic rings. The van der Waals surface area contributed by atoms with E-state index in [1.165, 1.54) is 24.3 Å². The molecule has 0 bridgehead atoms. The fourth-order valence-electron chi connectivity index (χ4n) is 3.57. The Kier molecular flexibility index (Phi) is 5.15. The van der Waals surface area contributed by atoms with Crippen molar-refractivity contribution < 1.29 is 13.2 Å². The van der Waals surface area contributed by atoms with Gasteiger partial charge in [0.2, 0.25) is 0 Å². The van der Waals surface area contributed by atoms with Crippen LogP contribution in [0.25, 0.3) is 33.9 Å². The minimum absolute atomic E-state index is 0.0304. The first-order chi connectivity index (χ1) is 15.5. The minimum atomic E-state index is -0.961. The number of imidazole rings is 1. The Bertz CT molecular complexity index is 1400. The van der Waals surface area contributed by atoms with Crippen molar-refractivity contribution in [2.75, 3.05) is 0 Å². The summed E-state index contributed by atoms with van der Waals surface area (Å²) in [5.41, 5.74) is 3.90. The lowest BCUT2D eigenvalue weighted by Crippen LogP contribution is -2.00. The minimum Gasteiger partial charge on any atom is -0.348 e. The van der Waals surface area contributed by atoms with Gasteiger partial charge < -0.3 is 4.57 Å². The van der Waals surface area contributed by atoms with Crippen molar-refractivity contribution in [2.45, 2.75) is 6.54 Å². The van der Waals surface area contributed by atoms with Crippen LogP contribution in [-0.2, 0) is 6.54 Å². The summed E-state index contributed by atoms with van der Waals surface area (Å²) in [6, 6.07) is 17.9. The standard InChI is InChI=1S/C25H15ClF3N3/c26-20-12-17(27)8-9-18(20)16-6-4-15(5-7-16)13-32-11-10-22-23(14-32)31-25(30-22)19-2-1-3-21(28)24(19)29/h1-12,14H,13H2. The molecule has 0 saturated carbocycles. The second kappa shape index (κ2) is 8.13. The Labute approximate surface area is 187 Å². The van der Waals surface area contributed by atoms with Crippen molar-refractivity contribution in [3.8, 4) is 33.9 Å². The molecule has 0 fully saturated rings. The van der Waals surface area contributed by atoms with E-state index in [-0.39, 0.29) is 17.2 Å². The molecule has 2 aliphatic heterocycles. The summed E-state index contributed by atoms with van der Waals surface area (Å²) >= 11 is 6.15. The van der Waals surface area contributed by atoms with Crippen molar-refractivity contribution in [2.24, 2.45) is 0 Å². The Morgan fingerprint density at radius 1 is 0.812 bits per heavy atom. The molecule has 0 aromatic heterocycles. The Morgan fingerprint density at radius 2 is 1.59 bits per heavy atom. The monoisotopic (exact) mass is 449 g/mol. The third-order valence-corrected chi connectivity index (χ3v) is 5.49. The summed E-state index contributed by atoms with van der Waals surface area (Å²) in [5.74, 6) is -2.12. The van der Waals surface area contributed by atoms with Crippen LogP contribution in [0, 0.1) is 17.5 Å². The molecular formula is C25H15ClF3N3. The molecule has 0 amide bonds. The van der Waals surface area contributed by atoms with Crippen molar-refractivity contribution in [3.05, 3.63) is 107 Å². The normalized spacial score (nSPS) is 11.2. The fraction of sp³-hybridized carbons (Fsp3) is 0.0400. The third kappa shape index (κ3) is 3.85. The Hall–Kier alpha value is -3.64. The summed E-state index contributed by atoms with van der Waals surface area (Å²) in [7, 11) is 0. The van der Waals surface area contributed by atoms with Crippen LogP contribution in [0.1, 0.15) is 5.56 Å². The first-order valence-corrected chi connectivity index (χ1v) is 10.2. The fourth-order valence-corrected chi connectivity index (χ4v) is 3.85. The smallest absolute Gasteiger partial charge is 0.169 e. The molecule has 3 nitrogen and oxygen atoms in total. The van der Waals surface area contributed by atoms with E-state index in [4.69, 9.17) is 11.6 Å². The van der Waals surface area contributed by atoms with Crippen LogP contribution in [0.4, 0.5) is 13.2 Å². The molecule has 0 unspecified atom stereocenters. The zero-order valence-corrected chi connectivity index (χ0v) is 17.3. The highest BCUT2D eigenvalue weighted by atomic mass is 35.5. The quantitative estimate of drug-likeness (QED) is 0.301. The number of benzene rings is 3. The number of pyridine rings is 1. The van der Waals surface area contributed by atoms with Crippen LogP contribution in [-0.4, -0.2) is 14.5 Å². The van der Waals surface area contributed by atoms with Gasteiger partial charge >= 0.3 is 0 Å². The number of aromatic nitrogens is 3. The summed E-state index contributed by atoms with van der Waals surface area (Å²) in [5, 5.41) is 0.359. The summed E-state index contributed by atoms with van der Waals surface area (Å²) in [6.07, 6.45) is 3.67. The van der Waals surface area contributed by atoms with Gasteiger partial charge in [-0.15, -0.1) is 0 Å². The molecule has 32 heavy (non-hydrogen) atoms. The van der Waals surface area contributed by atoms with Gasteiger partial charge in [-0.2, -0.15) is 0 Å². The molecule has 0 spiro atoms. The van der Waals surface area contributed by atoms with Crippen LogP contribution in [0.3, 0.4) is 0 Å². The van der Waals surface area contributed by atoms with E-state index >= 15 is 0 Å². The van der Waals surface area contributed by atoms with E-state index in [0.717, 1.165) is 22.8 Å². The molecule has 0 N–H and O–H groups in total. The number of halogens is 4. The summed E-state index contributed by atoms with van der Waals surface area (Å²) < 4.78 is 42.9. The highest BCUT2D eigenvalue weighted by molar-refractivity contribution is 6.33. The molecule has 0 saturated heterocycles. The number of nitrogens with zero attached hydrogens (tertiary/aromatic N) is 3. The van der Waals surface area contributed by atoms with Gasteiger partial charge in [0.05, 0.1) is 16.3 Å². The third-order valence-electron chi connectivity index (χ3n) is 5.18. The van der Waals surface area contributed by atoms with E-state index < -0.39 is 11.6 Å². The largest absolute Gasteiger partial charge is 0.348 e. The van der Waals surface area contributed by atoms with Crippen LogP contribution in [0.15, 0.2) is 79.1 Å². The van der Waals surface area contributed by atoms with Gasteiger partial charge in [0.1, 0.15) is 11.5 Å². The first-order valence-electron chi connectivity index (χ1n) is 9.80. The van der Waals surface area contributed by atoms with Crippen molar-refractivity contribution in [1.82, 2.24) is 14.5 Å². The van der Waals surface area contributed by atoms with E-state index in [1.54, 1.807) is 12.1 Å². The van der Waals surface area contributed by atoms with Crippen molar-refractivity contribution >= 4 is 11.6 Å². The molecule has 2 aliphatic rings. The van der Waals surface area contributed by atoms with E-state index in [2.05, 4.69) is 9.97 Å². The van der Waals surface area contributed by atoms with Gasteiger partial charge in [0, 0.05) is 24.5 Å². The Balaban J connectivity index is 1.40. The molecule has 0 radical (unpaired) electrons. The highest BCUT2D eigenvalue weighted by Gasteiger charge is 2.17. The molecular weight excluding hydrogens is 435 g/mol. The van der Waals surface area contributed by atoms with Gasteiger partial charge in [-0.05, 0) is 47.5 Å². The lowest BCUT2D eigenvalue weighted by Gasteiger charge is -2.10. The average molecular weight is 450 g/mol. The van der Waals surface area contributed by atoms with Crippen molar-refractivity contribution in [1.29, 1.82) is 0 Å². The second-order valence-corrected chi connectivity index (χ2v) is 7.76. The topological polar surface area (TPSA) is 30.7 Å². The lowest BCUT2D eigenvalue weighted by molar-refractivity contribution is 0.510. The maximum Gasteiger partial charge on any atom is 0.169 e. The maximum absolute atomic E-state index is 14.1. The number of hydrogen-bond donors (Lipinski definition) is 0. The van der Waals surface area contributed by atoms with Gasteiger partial charge in [0.15, 0.2) is 17.5 Å². The van der Waals surface area contributed by atoms with Gasteiger partial charge in [0.25, 0.3) is 0 Å². The number of rotatable bonds is 4. The lowest BCUT2D eigenvalue weighted by atomic mass is 10.0. The Morgan fingerprint density at radius 3 is 2.38 bits per heavy atom.